The summed E-state index contributed by atoms with van der Waals surface area (Å²) in [6.07, 6.45) is 0. The van der Waals surface area contributed by atoms with E-state index in [1.54, 1.807) is 6.07 Å². The summed E-state index contributed by atoms with van der Waals surface area (Å²) in [6.45, 7) is 3.00. The van der Waals surface area contributed by atoms with Gasteiger partial charge in [0.1, 0.15) is 0 Å². The molecule has 0 radical (unpaired) electrons. The van der Waals surface area contributed by atoms with Crippen molar-refractivity contribution in [1.29, 1.82) is 0 Å². The number of carboxylic acid groups (broad SMARTS) is 1. The average molecular weight is 255 g/mol. The van der Waals surface area contributed by atoms with Crippen LogP contribution in [-0.2, 0) is 0 Å². The normalized spacial score (nSPS) is 17.3. The molecule has 0 spiro atoms. The third kappa shape index (κ3) is 1.93. The van der Waals surface area contributed by atoms with E-state index in [1.807, 2.05) is 18.2 Å². The predicted molar refractivity (Wildman–Crippen MR) is 70.9 cm³/mol. The summed E-state index contributed by atoms with van der Waals surface area (Å²) in [5, 5.41) is 16.6. The van der Waals surface area contributed by atoms with Crippen molar-refractivity contribution < 1.29 is 9.90 Å². The Morgan fingerprint density at radius 2 is 2.05 bits per heavy atom. The van der Waals surface area contributed by atoms with E-state index < -0.39 is 5.97 Å². The van der Waals surface area contributed by atoms with Gasteiger partial charge in [0, 0.05) is 18.2 Å². The summed E-state index contributed by atoms with van der Waals surface area (Å²) < 4.78 is 0. The maximum absolute atomic E-state index is 10.8. The first-order valence-electron chi connectivity index (χ1n) is 6.10. The molecule has 0 bridgehead atoms. The maximum atomic E-state index is 10.8. The number of para-hydroxylation sites is 1. The highest BCUT2D eigenvalue weighted by Crippen LogP contribution is 2.39. The van der Waals surface area contributed by atoms with Gasteiger partial charge in [-0.15, -0.1) is 10.2 Å². The standard InChI is InChI=1S/C14H13N3O2/c1-9-8-17(12-5-3-2-4-10(9)12)13-7-6-11(14(18)19)15-16-13/h2-7,9H,8H2,1H3,(H,18,19). The molecule has 1 N–H and O–H groups in total. The summed E-state index contributed by atoms with van der Waals surface area (Å²) in [4.78, 5) is 12.8. The van der Waals surface area contributed by atoms with E-state index in [1.165, 1.54) is 11.6 Å². The van der Waals surface area contributed by atoms with Crippen LogP contribution in [0.25, 0.3) is 0 Å². The third-order valence-electron chi connectivity index (χ3n) is 3.36. The molecule has 3 rings (SSSR count). The number of rotatable bonds is 2. The Hall–Kier alpha value is -2.43. The number of aromatic nitrogens is 2. The maximum Gasteiger partial charge on any atom is 0.356 e. The Bertz CT molecular complexity index is 625. The average Bonchev–Trinajstić information content (AvgIpc) is 2.77. The minimum Gasteiger partial charge on any atom is -0.476 e. The molecule has 1 aliphatic heterocycles. The van der Waals surface area contributed by atoms with Crippen molar-refractivity contribution in [1.82, 2.24) is 10.2 Å². The van der Waals surface area contributed by atoms with Crippen LogP contribution in [0, 0.1) is 0 Å². The summed E-state index contributed by atoms with van der Waals surface area (Å²) in [5.41, 5.74) is 2.36. The number of carbonyl (C=O) groups is 1. The minimum absolute atomic E-state index is 0.0377. The second kappa shape index (κ2) is 4.35. The summed E-state index contributed by atoms with van der Waals surface area (Å²) in [5.74, 6) is 0.0493. The van der Waals surface area contributed by atoms with Gasteiger partial charge in [-0.05, 0) is 23.8 Å². The number of anilines is 2. The number of aromatic carboxylic acids is 1. The van der Waals surface area contributed by atoms with E-state index in [4.69, 9.17) is 5.11 Å². The highest BCUT2D eigenvalue weighted by Gasteiger charge is 2.27. The number of carboxylic acids is 1. The van der Waals surface area contributed by atoms with Gasteiger partial charge in [0.25, 0.3) is 0 Å². The molecule has 2 aromatic rings. The Kier molecular flexibility index (Phi) is 2.67. The van der Waals surface area contributed by atoms with Gasteiger partial charge in [0.15, 0.2) is 11.5 Å². The van der Waals surface area contributed by atoms with Crippen molar-refractivity contribution in [3.05, 3.63) is 47.7 Å². The Morgan fingerprint density at radius 3 is 2.74 bits per heavy atom. The van der Waals surface area contributed by atoms with Gasteiger partial charge in [0.05, 0.1) is 0 Å². The van der Waals surface area contributed by atoms with Crippen molar-refractivity contribution in [2.24, 2.45) is 0 Å². The van der Waals surface area contributed by atoms with E-state index in [-0.39, 0.29) is 5.69 Å². The van der Waals surface area contributed by atoms with Crippen LogP contribution in [-0.4, -0.2) is 27.8 Å². The Balaban J connectivity index is 1.98. The van der Waals surface area contributed by atoms with Gasteiger partial charge >= 0.3 is 5.97 Å². The number of nitrogens with zero attached hydrogens (tertiary/aromatic N) is 3. The van der Waals surface area contributed by atoms with Crippen molar-refractivity contribution in [2.75, 3.05) is 11.4 Å². The predicted octanol–water partition coefficient (Wildman–Crippen LogP) is 2.43. The lowest BCUT2D eigenvalue weighted by atomic mass is 10.0. The molecule has 1 unspecified atom stereocenters. The van der Waals surface area contributed by atoms with Gasteiger partial charge in [-0.3, -0.25) is 0 Å². The van der Waals surface area contributed by atoms with E-state index in [0.29, 0.717) is 11.7 Å². The van der Waals surface area contributed by atoms with E-state index >= 15 is 0 Å². The zero-order valence-corrected chi connectivity index (χ0v) is 10.4. The van der Waals surface area contributed by atoms with Crippen LogP contribution < -0.4 is 4.90 Å². The zero-order chi connectivity index (χ0) is 13.4. The third-order valence-corrected chi connectivity index (χ3v) is 3.36. The second-order valence-electron chi connectivity index (χ2n) is 4.65. The number of hydrogen-bond donors (Lipinski definition) is 1. The first kappa shape index (κ1) is 11.6. The quantitative estimate of drug-likeness (QED) is 0.892. The van der Waals surface area contributed by atoms with E-state index in [2.05, 4.69) is 28.1 Å². The summed E-state index contributed by atoms with van der Waals surface area (Å²) >= 11 is 0. The molecular weight excluding hydrogens is 242 g/mol. The monoisotopic (exact) mass is 255 g/mol. The van der Waals surface area contributed by atoms with Crippen LogP contribution in [0.15, 0.2) is 36.4 Å². The SMILES string of the molecule is CC1CN(c2ccc(C(=O)O)nn2)c2ccccc21. The van der Waals surface area contributed by atoms with Crippen molar-refractivity contribution in [2.45, 2.75) is 12.8 Å². The second-order valence-corrected chi connectivity index (χ2v) is 4.65. The lowest BCUT2D eigenvalue weighted by Crippen LogP contribution is -2.17. The van der Waals surface area contributed by atoms with Crippen LogP contribution in [0.4, 0.5) is 11.5 Å². The minimum atomic E-state index is -1.06. The fourth-order valence-corrected chi connectivity index (χ4v) is 2.42. The molecule has 2 heterocycles. The molecule has 19 heavy (non-hydrogen) atoms. The number of benzene rings is 1. The largest absolute Gasteiger partial charge is 0.476 e. The highest BCUT2D eigenvalue weighted by atomic mass is 16.4. The van der Waals surface area contributed by atoms with Crippen LogP contribution in [0.3, 0.4) is 0 Å². The molecule has 1 aromatic carbocycles. The molecule has 1 aromatic heterocycles. The van der Waals surface area contributed by atoms with Crippen LogP contribution in [0.2, 0.25) is 0 Å². The smallest absolute Gasteiger partial charge is 0.356 e. The molecule has 0 aliphatic carbocycles. The molecule has 0 saturated carbocycles. The van der Waals surface area contributed by atoms with E-state index in [0.717, 1.165) is 12.2 Å². The number of fused-ring (bicyclic) bond motifs is 1. The van der Waals surface area contributed by atoms with Crippen LogP contribution >= 0.6 is 0 Å². The first-order chi connectivity index (χ1) is 9.16. The van der Waals surface area contributed by atoms with E-state index in [9.17, 15) is 4.79 Å². The van der Waals surface area contributed by atoms with Crippen LogP contribution in [0.1, 0.15) is 28.9 Å². The first-order valence-corrected chi connectivity index (χ1v) is 6.10. The number of hydrogen-bond acceptors (Lipinski definition) is 4. The van der Waals surface area contributed by atoms with Gasteiger partial charge < -0.3 is 10.0 Å². The molecule has 1 atom stereocenters. The molecule has 5 nitrogen and oxygen atoms in total. The molecular formula is C14H13N3O2. The molecule has 0 fully saturated rings. The molecule has 5 heteroatoms. The fraction of sp³-hybridized carbons (Fsp3) is 0.214. The Labute approximate surface area is 110 Å². The molecule has 0 saturated heterocycles. The topological polar surface area (TPSA) is 66.3 Å². The van der Waals surface area contributed by atoms with Crippen LogP contribution in [0.5, 0.6) is 0 Å². The van der Waals surface area contributed by atoms with Crippen molar-refractivity contribution in [3.63, 3.8) is 0 Å². The van der Waals surface area contributed by atoms with Gasteiger partial charge in [-0.1, -0.05) is 25.1 Å². The summed E-state index contributed by atoms with van der Waals surface area (Å²) in [7, 11) is 0. The molecule has 1 aliphatic rings. The van der Waals surface area contributed by atoms with Crippen molar-refractivity contribution in [3.8, 4) is 0 Å². The Morgan fingerprint density at radius 1 is 1.26 bits per heavy atom. The highest BCUT2D eigenvalue weighted by molar-refractivity contribution is 5.85. The van der Waals surface area contributed by atoms with Gasteiger partial charge in [0.2, 0.25) is 0 Å². The van der Waals surface area contributed by atoms with Crippen molar-refractivity contribution >= 4 is 17.5 Å². The lowest BCUT2D eigenvalue weighted by molar-refractivity contribution is 0.0689. The summed E-state index contributed by atoms with van der Waals surface area (Å²) in [6, 6.07) is 11.4. The van der Waals surface area contributed by atoms with Gasteiger partial charge in [-0.2, -0.15) is 0 Å². The zero-order valence-electron chi connectivity index (χ0n) is 10.4. The molecule has 96 valence electrons. The fourth-order valence-electron chi connectivity index (χ4n) is 2.42. The van der Waals surface area contributed by atoms with Gasteiger partial charge in [-0.25, -0.2) is 4.79 Å². The molecule has 0 amide bonds. The lowest BCUT2D eigenvalue weighted by Gasteiger charge is -2.17.